The quantitative estimate of drug-likeness (QED) is 0.684. The van der Waals surface area contributed by atoms with Gasteiger partial charge >= 0.3 is 5.97 Å². The first-order valence-electron chi connectivity index (χ1n) is 8.24. The van der Waals surface area contributed by atoms with Crippen molar-refractivity contribution >= 4 is 5.97 Å². The van der Waals surface area contributed by atoms with Crippen LogP contribution in [-0.2, 0) is 9.53 Å². The van der Waals surface area contributed by atoms with Crippen molar-refractivity contribution in [1.29, 1.82) is 0 Å². The Morgan fingerprint density at radius 3 is 3.00 bits per heavy atom. The van der Waals surface area contributed by atoms with Gasteiger partial charge in [-0.2, -0.15) is 0 Å². The van der Waals surface area contributed by atoms with Crippen LogP contribution in [0.3, 0.4) is 0 Å². The van der Waals surface area contributed by atoms with Gasteiger partial charge in [0.25, 0.3) is 0 Å². The first-order chi connectivity index (χ1) is 9.63. The molecule has 0 aromatic carbocycles. The molecule has 112 valence electrons. The average Bonchev–Trinajstić information content (AvgIpc) is 2.89. The van der Waals surface area contributed by atoms with E-state index in [1.165, 1.54) is 32.4 Å². The number of fused-ring (bicyclic) bond motifs is 1. The number of carbonyl (C=O) groups is 1. The predicted molar refractivity (Wildman–Crippen MR) is 74.0 cm³/mol. The Labute approximate surface area is 120 Å². The van der Waals surface area contributed by atoms with Gasteiger partial charge < -0.3 is 9.84 Å². The zero-order chi connectivity index (χ0) is 13.9. The Kier molecular flexibility index (Phi) is 2.90. The number of nitrogens with zero attached hydrogens (tertiary/aromatic N) is 1. The molecule has 20 heavy (non-hydrogen) atoms. The largest absolute Gasteiger partial charge is 0.462 e. The maximum absolute atomic E-state index is 11.9. The molecule has 0 aromatic heterocycles. The van der Waals surface area contributed by atoms with Crippen molar-refractivity contribution in [3.8, 4) is 0 Å². The zero-order valence-electron chi connectivity index (χ0n) is 12.3. The minimum Gasteiger partial charge on any atom is -0.462 e. The number of carbonyl (C=O) groups excluding carboxylic acids is 1. The number of hydrogen-bond donors (Lipinski definition) is 1. The van der Waals surface area contributed by atoms with E-state index in [9.17, 15) is 9.90 Å². The summed E-state index contributed by atoms with van der Waals surface area (Å²) in [5, 5.41) is 10.7. The molecule has 4 aliphatic rings. The second kappa shape index (κ2) is 4.44. The molecule has 4 nitrogen and oxygen atoms in total. The Hall–Kier alpha value is -0.610. The van der Waals surface area contributed by atoms with Gasteiger partial charge in [0.1, 0.15) is 6.10 Å². The lowest BCUT2D eigenvalue weighted by molar-refractivity contribution is -0.228. The molecule has 4 rings (SSSR count). The lowest BCUT2D eigenvalue weighted by Crippen LogP contribution is -2.67. The molecule has 1 saturated carbocycles. The lowest BCUT2D eigenvalue weighted by atomic mass is 9.52. The molecular weight excluding hydrogens is 254 g/mol. The van der Waals surface area contributed by atoms with Crippen LogP contribution in [0.2, 0.25) is 0 Å². The Balaban J connectivity index is 1.76. The number of rotatable bonds is 0. The summed E-state index contributed by atoms with van der Waals surface area (Å²) in [5.74, 6) is 0.274. The SMILES string of the molecule is C[C@H]1C[C@@H]2OC(=O)C[C@H]([C@H]1O)[C@]21CCCN2CCC[C@H]21. The molecule has 0 unspecified atom stereocenters. The highest BCUT2D eigenvalue weighted by Gasteiger charge is 2.63. The molecule has 6 atom stereocenters. The standard InChI is InChI=1S/C16H25NO3/c1-10-8-13-16(11(15(10)19)9-14(18)20-13)5-3-7-17-6-2-4-12(16)17/h10-13,15,19H,2-9H2,1H3/t10-,11+,12-,13-,15-,16-/m0/s1. The minimum atomic E-state index is -0.334. The molecule has 1 spiro atoms. The van der Waals surface area contributed by atoms with Crippen molar-refractivity contribution in [2.75, 3.05) is 13.1 Å². The maximum atomic E-state index is 11.9. The van der Waals surface area contributed by atoms with Gasteiger partial charge in [-0.1, -0.05) is 6.92 Å². The van der Waals surface area contributed by atoms with E-state index in [0.717, 1.165) is 12.8 Å². The van der Waals surface area contributed by atoms with E-state index in [-0.39, 0.29) is 35.4 Å². The van der Waals surface area contributed by atoms with E-state index in [1.54, 1.807) is 0 Å². The van der Waals surface area contributed by atoms with Gasteiger partial charge in [-0.3, -0.25) is 9.69 Å². The number of piperidine rings is 1. The highest BCUT2D eigenvalue weighted by Crippen LogP contribution is 2.58. The van der Waals surface area contributed by atoms with Gasteiger partial charge in [0, 0.05) is 17.4 Å². The summed E-state index contributed by atoms with van der Waals surface area (Å²) >= 11 is 0. The van der Waals surface area contributed by atoms with Crippen LogP contribution in [0.4, 0.5) is 0 Å². The topological polar surface area (TPSA) is 49.8 Å². The molecule has 3 saturated heterocycles. The second-order valence-corrected chi connectivity index (χ2v) is 7.40. The first kappa shape index (κ1) is 13.1. The third kappa shape index (κ3) is 1.58. The Morgan fingerprint density at radius 2 is 2.15 bits per heavy atom. The number of aliphatic hydroxyl groups excluding tert-OH is 1. The summed E-state index contributed by atoms with van der Waals surface area (Å²) in [5.41, 5.74) is 0.0363. The summed E-state index contributed by atoms with van der Waals surface area (Å²) in [6, 6.07) is 0.529. The molecule has 3 heterocycles. The third-order valence-corrected chi connectivity index (χ3v) is 6.57. The first-order valence-corrected chi connectivity index (χ1v) is 8.24. The van der Waals surface area contributed by atoms with Crippen LogP contribution in [0.15, 0.2) is 0 Å². The van der Waals surface area contributed by atoms with E-state index < -0.39 is 0 Å². The van der Waals surface area contributed by atoms with E-state index in [0.29, 0.717) is 12.5 Å². The molecule has 1 N–H and O–H groups in total. The Morgan fingerprint density at radius 1 is 1.35 bits per heavy atom. The van der Waals surface area contributed by atoms with Crippen molar-refractivity contribution in [2.45, 2.75) is 63.7 Å². The molecule has 0 radical (unpaired) electrons. The monoisotopic (exact) mass is 279 g/mol. The number of esters is 1. The van der Waals surface area contributed by atoms with Crippen molar-refractivity contribution in [2.24, 2.45) is 17.3 Å². The summed E-state index contributed by atoms with van der Waals surface area (Å²) in [6.07, 6.45) is 5.75. The molecule has 4 fully saturated rings. The van der Waals surface area contributed by atoms with Crippen molar-refractivity contribution in [3.05, 3.63) is 0 Å². The van der Waals surface area contributed by atoms with Gasteiger partial charge in [-0.05, 0) is 51.1 Å². The number of hydrogen-bond acceptors (Lipinski definition) is 4. The molecule has 1 aliphatic carbocycles. The van der Waals surface area contributed by atoms with Crippen LogP contribution in [0, 0.1) is 17.3 Å². The molecular formula is C16H25NO3. The van der Waals surface area contributed by atoms with Crippen LogP contribution >= 0.6 is 0 Å². The van der Waals surface area contributed by atoms with Crippen molar-refractivity contribution in [1.82, 2.24) is 4.90 Å². The molecule has 4 heteroatoms. The summed E-state index contributed by atoms with van der Waals surface area (Å²) < 4.78 is 5.80. The molecule has 0 aromatic rings. The van der Waals surface area contributed by atoms with Crippen molar-refractivity contribution < 1.29 is 14.6 Å². The van der Waals surface area contributed by atoms with E-state index in [2.05, 4.69) is 11.8 Å². The van der Waals surface area contributed by atoms with Crippen molar-refractivity contribution in [3.63, 3.8) is 0 Å². The van der Waals surface area contributed by atoms with Crippen LogP contribution in [-0.4, -0.2) is 47.3 Å². The lowest BCUT2D eigenvalue weighted by Gasteiger charge is -2.61. The maximum Gasteiger partial charge on any atom is 0.306 e. The predicted octanol–water partition coefficient (Wildman–Crippen LogP) is 1.56. The number of aliphatic hydroxyl groups is 1. The fourth-order valence-corrected chi connectivity index (χ4v) is 5.77. The van der Waals surface area contributed by atoms with Crippen LogP contribution in [0.5, 0.6) is 0 Å². The minimum absolute atomic E-state index is 0.0363. The molecule has 2 bridgehead atoms. The smallest absolute Gasteiger partial charge is 0.306 e. The van der Waals surface area contributed by atoms with Crippen LogP contribution in [0.1, 0.15) is 45.4 Å². The average molecular weight is 279 g/mol. The fourth-order valence-electron chi connectivity index (χ4n) is 5.77. The van der Waals surface area contributed by atoms with E-state index >= 15 is 0 Å². The third-order valence-electron chi connectivity index (χ3n) is 6.57. The van der Waals surface area contributed by atoms with Gasteiger partial charge in [-0.15, -0.1) is 0 Å². The van der Waals surface area contributed by atoms with E-state index in [1.807, 2.05) is 0 Å². The second-order valence-electron chi connectivity index (χ2n) is 7.40. The van der Waals surface area contributed by atoms with Gasteiger partial charge in [0.2, 0.25) is 0 Å². The van der Waals surface area contributed by atoms with E-state index in [4.69, 9.17) is 4.74 Å². The zero-order valence-corrected chi connectivity index (χ0v) is 12.3. The normalized spacial score (nSPS) is 51.9. The summed E-state index contributed by atoms with van der Waals surface area (Å²) in [6.45, 7) is 4.48. The highest BCUT2D eigenvalue weighted by atomic mass is 16.5. The summed E-state index contributed by atoms with van der Waals surface area (Å²) in [4.78, 5) is 14.5. The number of ether oxygens (including phenoxy) is 1. The highest BCUT2D eigenvalue weighted by molar-refractivity contribution is 5.71. The summed E-state index contributed by atoms with van der Waals surface area (Å²) in [7, 11) is 0. The van der Waals surface area contributed by atoms with Crippen LogP contribution < -0.4 is 0 Å². The molecule has 0 amide bonds. The van der Waals surface area contributed by atoms with Crippen LogP contribution in [0.25, 0.3) is 0 Å². The fraction of sp³-hybridized carbons (Fsp3) is 0.938. The Bertz CT molecular complexity index is 426. The van der Waals surface area contributed by atoms with Gasteiger partial charge in [-0.25, -0.2) is 0 Å². The van der Waals surface area contributed by atoms with Gasteiger partial charge in [0.05, 0.1) is 12.5 Å². The molecule has 3 aliphatic heterocycles. The van der Waals surface area contributed by atoms with Gasteiger partial charge in [0.15, 0.2) is 0 Å².